The molecule has 0 saturated heterocycles. The van der Waals surface area contributed by atoms with Crippen LogP contribution in [0.1, 0.15) is 29.5 Å². The first-order chi connectivity index (χ1) is 9.95. The number of amides is 2. The third kappa shape index (κ3) is 4.05. The number of hydrogen-bond acceptors (Lipinski definition) is 3. The normalized spacial score (nSPS) is 14.3. The SMILES string of the molecule is NC(=O)CC(NC(=O)Cc1ccc2c(c1)CCC2)C(=O)O. The van der Waals surface area contributed by atoms with Crippen molar-refractivity contribution in [2.45, 2.75) is 38.1 Å². The van der Waals surface area contributed by atoms with Gasteiger partial charge in [0.25, 0.3) is 0 Å². The molecule has 1 aliphatic carbocycles. The summed E-state index contributed by atoms with van der Waals surface area (Å²) in [4.78, 5) is 33.6. The minimum Gasteiger partial charge on any atom is -0.480 e. The number of rotatable bonds is 6. The number of nitrogens with two attached hydrogens (primary N) is 1. The molecule has 21 heavy (non-hydrogen) atoms. The number of carbonyl (C=O) groups is 3. The summed E-state index contributed by atoms with van der Waals surface area (Å²) < 4.78 is 0. The maximum Gasteiger partial charge on any atom is 0.326 e. The van der Waals surface area contributed by atoms with Crippen LogP contribution in [0.25, 0.3) is 0 Å². The molecule has 1 aliphatic rings. The van der Waals surface area contributed by atoms with E-state index in [9.17, 15) is 14.4 Å². The second-order valence-electron chi connectivity index (χ2n) is 5.26. The summed E-state index contributed by atoms with van der Waals surface area (Å²) in [6, 6.07) is 4.62. The molecule has 4 N–H and O–H groups in total. The Morgan fingerprint density at radius 1 is 1.24 bits per heavy atom. The molecule has 1 atom stereocenters. The van der Waals surface area contributed by atoms with Gasteiger partial charge >= 0.3 is 5.97 Å². The number of primary amides is 1. The summed E-state index contributed by atoms with van der Waals surface area (Å²) in [6.07, 6.45) is 2.90. The van der Waals surface area contributed by atoms with E-state index < -0.39 is 30.2 Å². The van der Waals surface area contributed by atoms with Crippen molar-refractivity contribution in [3.8, 4) is 0 Å². The van der Waals surface area contributed by atoms with Gasteiger partial charge in [-0.05, 0) is 36.0 Å². The number of fused-ring (bicyclic) bond motifs is 1. The zero-order valence-corrected chi connectivity index (χ0v) is 11.6. The van der Waals surface area contributed by atoms with Crippen molar-refractivity contribution < 1.29 is 19.5 Å². The van der Waals surface area contributed by atoms with E-state index in [1.165, 1.54) is 11.1 Å². The van der Waals surface area contributed by atoms with Crippen molar-refractivity contribution in [1.29, 1.82) is 0 Å². The molecular weight excluding hydrogens is 272 g/mol. The summed E-state index contributed by atoms with van der Waals surface area (Å²) in [6.45, 7) is 0. The van der Waals surface area contributed by atoms with Crippen molar-refractivity contribution in [2.75, 3.05) is 0 Å². The van der Waals surface area contributed by atoms with Gasteiger partial charge in [0, 0.05) is 0 Å². The second kappa shape index (κ2) is 6.39. The lowest BCUT2D eigenvalue weighted by atomic mass is 10.0. The van der Waals surface area contributed by atoms with Crippen LogP contribution in [-0.2, 0) is 33.6 Å². The Morgan fingerprint density at radius 2 is 1.95 bits per heavy atom. The van der Waals surface area contributed by atoms with E-state index in [-0.39, 0.29) is 6.42 Å². The number of carboxylic acids is 1. The average molecular weight is 290 g/mol. The first-order valence-corrected chi connectivity index (χ1v) is 6.87. The highest BCUT2D eigenvalue weighted by Gasteiger charge is 2.22. The molecule has 0 aromatic heterocycles. The predicted octanol–water partition coefficient (Wildman–Crippen LogP) is 0.163. The lowest BCUT2D eigenvalue weighted by Crippen LogP contribution is -2.43. The lowest BCUT2D eigenvalue weighted by Gasteiger charge is -2.13. The van der Waals surface area contributed by atoms with Gasteiger partial charge in [0.05, 0.1) is 12.8 Å². The molecule has 1 aromatic carbocycles. The van der Waals surface area contributed by atoms with Gasteiger partial charge in [-0.2, -0.15) is 0 Å². The number of hydrogen-bond donors (Lipinski definition) is 3. The summed E-state index contributed by atoms with van der Waals surface area (Å²) in [7, 11) is 0. The van der Waals surface area contributed by atoms with Gasteiger partial charge in [-0.25, -0.2) is 4.79 Å². The van der Waals surface area contributed by atoms with Crippen molar-refractivity contribution in [3.05, 3.63) is 34.9 Å². The van der Waals surface area contributed by atoms with Crippen LogP contribution in [0.2, 0.25) is 0 Å². The number of aryl methyl sites for hydroxylation is 2. The minimum absolute atomic E-state index is 0.0931. The van der Waals surface area contributed by atoms with E-state index in [0.29, 0.717) is 0 Å². The summed E-state index contributed by atoms with van der Waals surface area (Å²) >= 11 is 0. The Bertz CT molecular complexity index is 583. The van der Waals surface area contributed by atoms with E-state index in [1.807, 2.05) is 18.2 Å². The quantitative estimate of drug-likeness (QED) is 0.693. The molecule has 1 unspecified atom stereocenters. The van der Waals surface area contributed by atoms with Gasteiger partial charge in [-0.3, -0.25) is 9.59 Å². The van der Waals surface area contributed by atoms with E-state index in [1.54, 1.807) is 0 Å². The fourth-order valence-corrected chi connectivity index (χ4v) is 2.57. The zero-order chi connectivity index (χ0) is 15.4. The number of benzene rings is 1. The van der Waals surface area contributed by atoms with E-state index in [0.717, 1.165) is 24.8 Å². The molecule has 1 aromatic rings. The Labute approximate surface area is 122 Å². The van der Waals surface area contributed by atoms with Gasteiger partial charge in [-0.15, -0.1) is 0 Å². The Kier molecular flexibility index (Phi) is 4.57. The van der Waals surface area contributed by atoms with E-state index in [4.69, 9.17) is 10.8 Å². The van der Waals surface area contributed by atoms with Gasteiger partial charge in [0.15, 0.2) is 0 Å². The maximum absolute atomic E-state index is 11.9. The standard InChI is InChI=1S/C15H18N2O4/c16-13(18)8-12(15(20)21)17-14(19)7-9-4-5-10-2-1-3-11(10)6-9/h4-6,12H,1-3,7-8H2,(H2,16,18)(H,17,19)(H,20,21). The molecule has 2 rings (SSSR count). The number of aliphatic carboxylic acids is 1. The molecular formula is C15H18N2O4. The molecule has 0 fully saturated rings. The fourth-order valence-electron chi connectivity index (χ4n) is 2.57. The van der Waals surface area contributed by atoms with Crippen LogP contribution in [0, 0.1) is 0 Å². The summed E-state index contributed by atoms with van der Waals surface area (Å²) in [5.41, 5.74) is 8.38. The fraction of sp³-hybridized carbons (Fsp3) is 0.400. The van der Waals surface area contributed by atoms with Crippen LogP contribution in [0.5, 0.6) is 0 Å². The predicted molar refractivity (Wildman–Crippen MR) is 75.5 cm³/mol. The highest BCUT2D eigenvalue weighted by atomic mass is 16.4. The number of carbonyl (C=O) groups excluding carboxylic acids is 2. The van der Waals surface area contributed by atoms with Gasteiger partial charge in [0.1, 0.15) is 6.04 Å². The highest BCUT2D eigenvalue weighted by molar-refractivity contribution is 5.88. The molecule has 0 radical (unpaired) electrons. The summed E-state index contributed by atoms with van der Waals surface area (Å²) in [5.74, 6) is -2.46. The van der Waals surface area contributed by atoms with Crippen LogP contribution >= 0.6 is 0 Å². The Morgan fingerprint density at radius 3 is 2.62 bits per heavy atom. The van der Waals surface area contributed by atoms with Crippen molar-refractivity contribution in [2.24, 2.45) is 5.73 Å². The van der Waals surface area contributed by atoms with Crippen molar-refractivity contribution >= 4 is 17.8 Å². The van der Waals surface area contributed by atoms with Gasteiger partial charge in [0.2, 0.25) is 11.8 Å². The maximum atomic E-state index is 11.9. The Balaban J connectivity index is 1.97. The van der Waals surface area contributed by atoms with E-state index in [2.05, 4.69) is 5.32 Å². The Hall–Kier alpha value is -2.37. The number of carboxylic acid groups (broad SMARTS) is 1. The van der Waals surface area contributed by atoms with E-state index >= 15 is 0 Å². The highest BCUT2D eigenvalue weighted by Crippen LogP contribution is 2.22. The first-order valence-electron chi connectivity index (χ1n) is 6.87. The van der Waals surface area contributed by atoms with Gasteiger partial charge < -0.3 is 16.2 Å². The van der Waals surface area contributed by atoms with Crippen molar-refractivity contribution in [3.63, 3.8) is 0 Å². The topological polar surface area (TPSA) is 109 Å². The lowest BCUT2D eigenvalue weighted by molar-refractivity contribution is -0.143. The van der Waals surface area contributed by atoms with Crippen molar-refractivity contribution in [1.82, 2.24) is 5.32 Å². The third-order valence-corrected chi connectivity index (χ3v) is 3.57. The minimum atomic E-state index is -1.27. The smallest absolute Gasteiger partial charge is 0.326 e. The molecule has 2 amide bonds. The molecule has 0 saturated carbocycles. The zero-order valence-electron chi connectivity index (χ0n) is 11.6. The molecule has 6 heteroatoms. The molecule has 0 bridgehead atoms. The first kappa shape index (κ1) is 15.0. The molecule has 6 nitrogen and oxygen atoms in total. The molecule has 0 aliphatic heterocycles. The molecule has 0 heterocycles. The second-order valence-corrected chi connectivity index (χ2v) is 5.26. The van der Waals surface area contributed by atoms with Crippen LogP contribution < -0.4 is 11.1 Å². The largest absolute Gasteiger partial charge is 0.480 e. The van der Waals surface area contributed by atoms with Crippen LogP contribution in [-0.4, -0.2) is 28.9 Å². The van der Waals surface area contributed by atoms with Crippen LogP contribution in [0.15, 0.2) is 18.2 Å². The molecule has 0 spiro atoms. The van der Waals surface area contributed by atoms with Crippen LogP contribution in [0.3, 0.4) is 0 Å². The molecule has 112 valence electrons. The monoisotopic (exact) mass is 290 g/mol. The summed E-state index contributed by atoms with van der Waals surface area (Å²) in [5, 5.41) is 11.3. The van der Waals surface area contributed by atoms with Crippen LogP contribution in [0.4, 0.5) is 0 Å². The number of nitrogens with one attached hydrogen (secondary N) is 1. The van der Waals surface area contributed by atoms with Gasteiger partial charge in [-0.1, -0.05) is 18.2 Å². The average Bonchev–Trinajstić information content (AvgIpc) is 2.84. The third-order valence-electron chi connectivity index (χ3n) is 3.57.